The zero-order valence-corrected chi connectivity index (χ0v) is 17.5. The molecule has 150 valence electrons. The molecule has 1 atom stereocenters. The molecule has 1 saturated carbocycles. The number of carbonyl (C=O) groups excluding carboxylic acids is 2. The van der Waals surface area contributed by atoms with Gasteiger partial charge in [0, 0.05) is 23.8 Å². The summed E-state index contributed by atoms with van der Waals surface area (Å²) in [5, 5.41) is 0. The highest BCUT2D eigenvalue weighted by molar-refractivity contribution is 8.01. The maximum Gasteiger partial charge on any atom is 0.268 e. The SMILES string of the molecule is COc1ccc2c(c1)[C@@]1(SCCN1C(=O)C1CC1)C(=O)N2Cc1ccccc1C. The Hall–Kier alpha value is -2.47. The fourth-order valence-corrected chi connectivity index (χ4v) is 5.87. The third kappa shape index (κ3) is 2.76. The summed E-state index contributed by atoms with van der Waals surface area (Å²) in [4.78, 5) is 29.8. The van der Waals surface area contributed by atoms with Crippen LogP contribution in [0.2, 0.25) is 0 Å². The van der Waals surface area contributed by atoms with Crippen LogP contribution in [0.3, 0.4) is 0 Å². The lowest BCUT2D eigenvalue weighted by Crippen LogP contribution is -2.50. The van der Waals surface area contributed by atoms with Crippen LogP contribution in [0.1, 0.15) is 29.5 Å². The van der Waals surface area contributed by atoms with Crippen molar-refractivity contribution in [2.45, 2.75) is 31.2 Å². The monoisotopic (exact) mass is 408 g/mol. The van der Waals surface area contributed by atoms with E-state index >= 15 is 0 Å². The highest BCUT2D eigenvalue weighted by Gasteiger charge is 2.60. The molecular formula is C23H24N2O3S. The van der Waals surface area contributed by atoms with E-state index in [0.29, 0.717) is 18.8 Å². The van der Waals surface area contributed by atoms with Gasteiger partial charge in [0.05, 0.1) is 19.3 Å². The molecule has 2 aromatic carbocycles. The normalized spacial score (nSPS) is 23.0. The minimum Gasteiger partial charge on any atom is -0.497 e. The summed E-state index contributed by atoms with van der Waals surface area (Å²) in [6, 6.07) is 13.9. The van der Waals surface area contributed by atoms with Gasteiger partial charge in [0.1, 0.15) is 5.75 Å². The van der Waals surface area contributed by atoms with Crippen LogP contribution in [0.4, 0.5) is 5.69 Å². The number of carbonyl (C=O) groups is 2. The number of anilines is 1. The van der Waals surface area contributed by atoms with Gasteiger partial charge in [-0.3, -0.25) is 9.59 Å². The van der Waals surface area contributed by atoms with E-state index in [1.807, 2.05) is 40.1 Å². The second kappa shape index (κ2) is 6.80. The topological polar surface area (TPSA) is 49.9 Å². The molecule has 2 aliphatic heterocycles. The molecular weight excluding hydrogens is 384 g/mol. The molecule has 5 rings (SSSR count). The highest BCUT2D eigenvalue weighted by Crippen LogP contribution is 2.56. The molecule has 2 fully saturated rings. The largest absolute Gasteiger partial charge is 0.497 e. The summed E-state index contributed by atoms with van der Waals surface area (Å²) < 4.78 is 5.46. The van der Waals surface area contributed by atoms with Crippen LogP contribution in [0.15, 0.2) is 42.5 Å². The van der Waals surface area contributed by atoms with Crippen molar-refractivity contribution in [1.82, 2.24) is 4.90 Å². The first-order valence-electron chi connectivity index (χ1n) is 10.1. The number of thioether (sulfide) groups is 1. The smallest absolute Gasteiger partial charge is 0.268 e. The lowest BCUT2D eigenvalue weighted by atomic mass is 10.0. The van der Waals surface area contributed by atoms with Crippen LogP contribution in [0, 0.1) is 12.8 Å². The van der Waals surface area contributed by atoms with Gasteiger partial charge in [-0.1, -0.05) is 24.3 Å². The molecule has 29 heavy (non-hydrogen) atoms. The van der Waals surface area contributed by atoms with E-state index in [-0.39, 0.29) is 17.7 Å². The molecule has 0 bridgehead atoms. The summed E-state index contributed by atoms with van der Waals surface area (Å²) in [7, 11) is 1.63. The number of rotatable bonds is 4. The summed E-state index contributed by atoms with van der Waals surface area (Å²) in [5.41, 5.74) is 4.03. The molecule has 0 radical (unpaired) electrons. The van der Waals surface area contributed by atoms with Crippen LogP contribution in [0.5, 0.6) is 5.75 Å². The van der Waals surface area contributed by atoms with Gasteiger partial charge in [0.25, 0.3) is 5.91 Å². The van der Waals surface area contributed by atoms with Crippen LogP contribution < -0.4 is 9.64 Å². The quantitative estimate of drug-likeness (QED) is 0.774. The maximum atomic E-state index is 13.9. The van der Waals surface area contributed by atoms with Gasteiger partial charge >= 0.3 is 0 Å². The van der Waals surface area contributed by atoms with Crippen molar-refractivity contribution in [3.05, 3.63) is 59.2 Å². The van der Waals surface area contributed by atoms with Gasteiger partial charge < -0.3 is 14.5 Å². The fourth-order valence-electron chi connectivity index (χ4n) is 4.41. The van der Waals surface area contributed by atoms with Crippen molar-refractivity contribution in [3.63, 3.8) is 0 Å². The lowest BCUT2D eigenvalue weighted by molar-refractivity contribution is -0.141. The minimum absolute atomic E-state index is 0.0134. The van der Waals surface area contributed by atoms with E-state index in [2.05, 4.69) is 19.1 Å². The van der Waals surface area contributed by atoms with E-state index in [1.165, 1.54) is 0 Å². The number of fused-ring (bicyclic) bond motifs is 2. The van der Waals surface area contributed by atoms with Crippen molar-refractivity contribution in [1.29, 1.82) is 0 Å². The Balaban J connectivity index is 1.62. The van der Waals surface area contributed by atoms with Gasteiger partial charge in [0.15, 0.2) is 4.87 Å². The molecule has 0 unspecified atom stereocenters. The maximum absolute atomic E-state index is 13.9. The average Bonchev–Trinajstić information content (AvgIpc) is 3.45. The number of hydrogen-bond acceptors (Lipinski definition) is 4. The third-order valence-electron chi connectivity index (χ3n) is 6.18. The Labute approximate surface area is 175 Å². The van der Waals surface area contributed by atoms with Gasteiger partial charge in [-0.25, -0.2) is 0 Å². The third-order valence-corrected chi connectivity index (χ3v) is 7.60. The van der Waals surface area contributed by atoms with Crippen molar-refractivity contribution in [3.8, 4) is 5.75 Å². The molecule has 0 N–H and O–H groups in total. The summed E-state index contributed by atoms with van der Waals surface area (Å²) in [6.45, 7) is 3.17. The Bertz CT molecular complexity index is 1000. The number of benzene rings is 2. The van der Waals surface area contributed by atoms with Crippen LogP contribution in [-0.2, 0) is 21.0 Å². The fraction of sp³-hybridized carbons (Fsp3) is 0.391. The number of methoxy groups -OCH3 is 1. The predicted molar refractivity (Wildman–Crippen MR) is 114 cm³/mol. The molecule has 1 aliphatic carbocycles. The number of ether oxygens (including phenoxy) is 1. The van der Waals surface area contributed by atoms with Crippen molar-refractivity contribution >= 4 is 29.3 Å². The summed E-state index contributed by atoms with van der Waals surface area (Å²) in [5.74, 6) is 1.66. The molecule has 0 aromatic heterocycles. The zero-order valence-electron chi connectivity index (χ0n) is 16.7. The molecule has 2 amide bonds. The molecule has 5 nitrogen and oxygen atoms in total. The number of nitrogens with zero attached hydrogens (tertiary/aromatic N) is 2. The average molecular weight is 409 g/mol. The first-order chi connectivity index (χ1) is 14.1. The minimum atomic E-state index is -0.966. The Morgan fingerprint density at radius 3 is 2.76 bits per heavy atom. The van der Waals surface area contributed by atoms with Gasteiger partial charge in [-0.15, -0.1) is 11.8 Å². The van der Waals surface area contributed by atoms with Crippen molar-refractivity contribution in [2.75, 3.05) is 24.3 Å². The molecule has 2 aromatic rings. The van der Waals surface area contributed by atoms with Gasteiger partial charge in [-0.05, 0) is 49.1 Å². The number of aryl methyl sites for hydroxylation is 1. The second-order valence-electron chi connectivity index (χ2n) is 7.96. The van der Waals surface area contributed by atoms with E-state index < -0.39 is 4.87 Å². The first kappa shape index (κ1) is 18.6. The van der Waals surface area contributed by atoms with Crippen LogP contribution >= 0.6 is 11.8 Å². The molecule has 2 heterocycles. The van der Waals surface area contributed by atoms with E-state index in [4.69, 9.17) is 4.74 Å². The first-order valence-corrected chi connectivity index (χ1v) is 11.1. The second-order valence-corrected chi connectivity index (χ2v) is 9.25. The van der Waals surface area contributed by atoms with Gasteiger partial charge in [0.2, 0.25) is 5.91 Å². The predicted octanol–water partition coefficient (Wildman–Crippen LogP) is 3.69. The lowest BCUT2D eigenvalue weighted by Gasteiger charge is -2.33. The van der Waals surface area contributed by atoms with Crippen LogP contribution in [-0.4, -0.2) is 36.1 Å². The van der Waals surface area contributed by atoms with E-state index in [0.717, 1.165) is 41.0 Å². The zero-order chi connectivity index (χ0) is 20.2. The molecule has 3 aliphatic rings. The molecule has 6 heteroatoms. The molecule has 1 saturated heterocycles. The van der Waals surface area contributed by atoms with E-state index in [1.54, 1.807) is 18.9 Å². The van der Waals surface area contributed by atoms with Crippen molar-refractivity contribution in [2.24, 2.45) is 5.92 Å². The highest BCUT2D eigenvalue weighted by atomic mass is 32.2. The van der Waals surface area contributed by atoms with E-state index in [9.17, 15) is 9.59 Å². The number of amides is 2. The standard InChI is InChI=1S/C23H24N2O3S/c1-15-5-3-4-6-17(15)14-24-20-10-9-18(28-2)13-19(20)23(22(24)27)25(11-12-29-23)21(26)16-7-8-16/h3-6,9-10,13,16H,7-8,11-12,14H2,1-2H3/t23-/m1/s1. The Morgan fingerprint density at radius 2 is 2.03 bits per heavy atom. The van der Waals surface area contributed by atoms with Crippen molar-refractivity contribution < 1.29 is 14.3 Å². The summed E-state index contributed by atoms with van der Waals surface area (Å²) in [6.07, 6.45) is 1.87. The Kier molecular flexibility index (Phi) is 4.35. The molecule has 1 spiro atoms. The summed E-state index contributed by atoms with van der Waals surface area (Å²) >= 11 is 1.58. The van der Waals surface area contributed by atoms with Gasteiger partial charge in [-0.2, -0.15) is 0 Å². The van der Waals surface area contributed by atoms with Crippen LogP contribution in [0.25, 0.3) is 0 Å². The Morgan fingerprint density at radius 1 is 1.24 bits per heavy atom. The number of hydrogen-bond donors (Lipinski definition) is 0.